The Balaban J connectivity index is 1.01. The predicted molar refractivity (Wildman–Crippen MR) is 125 cm³/mol. The zero-order valence-electron chi connectivity index (χ0n) is 18.0. The van der Waals surface area contributed by atoms with Crippen molar-refractivity contribution in [3.8, 4) is 11.3 Å². The maximum absolute atomic E-state index is 13.0. The molecule has 3 aromatic rings. The zero-order valence-corrected chi connectivity index (χ0v) is 18.9. The van der Waals surface area contributed by atoms with E-state index in [9.17, 15) is 9.59 Å². The van der Waals surface area contributed by atoms with Gasteiger partial charge in [0.25, 0.3) is 0 Å². The minimum absolute atomic E-state index is 0.0777. The zero-order chi connectivity index (χ0) is 21.7. The van der Waals surface area contributed by atoms with Crippen molar-refractivity contribution in [2.75, 3.05) is 11.9 Å². The van der Waals surface area contributed by atoms with Crippen molar-refractivity contribution in [1.29, 1.82) is 0 Å². The number of hydrogen-bond donors (Lipinski definition) is 2. The van der Waals surface area contributed by atoms with E-state index < -0.39 is 0 Å². The molecule has 0 unspecified atom stereocenters. The van der Waals surface area contributed by atoms with Crippen LogP contribution in [0.2, 0.25) is 0 Å². The lowest BCUT2D eigenvalue weighted by Gasteiger charge is -2.55. The van der Waals surface area contributed by atoms with Crippen molar-refractivity contribution in [2.24, 2.45) is 23.2 Å². The summed E-state index contributed by atoms with van der Waals surface area (Å²) in [6.45, 7) is 0.399. The van der Waals surface area contributed by atoms with E-state index >= 15 is 0 Å². The third-order valence-corrected chi connectivity index (χ3v) is 8.49. The Morgan fingerprint density at radius 3 is 2.41 bits per heavy atom. The molecule has 4 saturated carbocycles. The summed E-state index contributed by atoms with van der Waals surface area (Å²) in [5.41, 5.74) is 2.54. The molecule has 4 fully saturated rings. The van der Waals surface area contributed by atoms with Gasteiger partial charge in [-0.25, -0.2) is 4.98 Å². The lowest BCUT2D eigenvalue weighted by molar-refractivity contribution is -0.146. The lowest BCUT2D eigenvalue weighted by atomic mass is 9.49. The van der Waals surface area contributed by atoms with Gasteiger partial charge in [0.05, 0.1) is 5.69 Å². The van der Waals surface area contributed by atoms with Gasteiger partial charge in [0.15, 0.2) is 4.96 Å². The van der Waals surface area contributed by atoms with Gasteiger partial charge < -0.3 is 10.6 Å². The highest BCUT2D eigenvalue weighted by Gasteiger charge is 2.54. The van der Waals surface area contributed by atoms with Gasteiger partial charge in [0.1, 0.15) is 0 Å². The minimum atomic E-state index is -0.150. The number of carbonyl (C=O) groups is 2. The first-order chi connectivity index (χ1) is 15.6. The Morgan fingerprint density at radius 1 is 1.06 bits per heavy atom. The van der Waals surface area contributed by atoms with Crippen molar-refractivity contribution in [2.45, 2.75) is 44.9 Å². The van der Waals surface area contributed by atoms with Crippen LogP contribution < -0.4 is 10.6 Å². The molecule has 7 heteroatoms. The normalized spacial score (nSPS) is 28.2. The average Bonchev–Trinajstić information content (AvgIpc) is 3.36. The van der Waals surface area contributed by atoms with Crippen LogP contribution >= 0.6 is 11.3 Å². The molecule has 2 N–H and O–H groups in total. The van der Waals surface area contributed by atoms with Gasteiger partial charge in [-0.3, -0.25) is 14.0 Å². The van der Waals surface area contributed by atoms with Gasteiger partial charge in [-0.15, -0.1) is 11.3 Å². The summed E-state index contributed by atoms with van der Waals surface area (Å²) in [5.74, 6) is 2.35. The fraction of sp³-hybridized carbons (Fsp3) is 0.480. The number of fused-ring (bicyclic) bond motifs is 1. The van der Waals surface area contributed by atoms with Crippen LogP contribution in [0, 0.1) is 23.2 Å². The second-order valence-corrected chi connectivity index (χ2v) is 10.9. The number of imidazole rings is 1. The van der Waals surface area contributed by atoms with Crippen LogP contribution in [-0.2, 0) is 9.59 Å². The summed E-state index contributed by atoms with van der Waals surface area (Å²) in [6.07, 6.45) is 11.4. The van der Waals surface area contributed by atoms with Crippen molar-refractivity contribution >= 4 is 33.8 Å². The Morgan fingerprint density at radius 2 is 1.75 bits per heavy atom. The number of nitrogens with zero attached hydrogens (tertiary/aromatic N) is 2. The third-order valence-electron chi connectivity index (χ3n) is 7.72. The van der Waals surface area contributed by atoms with E-state index in [0.717, 1.165) is 58.9 Å². The van der Waals surface area contributed by atoms with E-state index in [-0.39, 0.29) is 23.7 Å². The molecule has 0 atom stereocenters. The Labute approximate surface area is 191 Å². The molecule has 2 amide bonds. The average molecular weight is 449 g/mol. The molecule has 4 aliphatic carbocycles. The Kier molecular flexibility index (Phi) is 4.82. The molecule has 32 heavy (non-hydrogen) atoms. The maximum atomic E-state index is 13.0. The van der Waals surface area contributed by atoms with Gasteiger partial charge in [-0.05, 0) is 68.4 Å². The molecule has 166 valence electrons. The number of hydrogen-bond acceptors (Lipinski definition) is 4. The Hall–Kier alpha value is -2.67. The van der Waals surface area contributed by atoms with Crippen LogP contribution in [0.25, 0.3) is 16.2 Å². The van der Waals surface area contributed by atoms with Gasteiger partial charge in [-0.1, -0.05) is 12.1 Å². The second kappa shape index (κ2) is 7.73. The molecule has 0 saturated heterocycles. The van der Waals surface area contributed by atoms with E-state index in [4.69, 9.17) is 0 Å². The SMILES string of the molecule is O=C(CCNC(=O)C12CC3CC(CC(C3)C1)C2)Nc1ccc(-c2cn3ccsc3n2)cc1. The summed E-state index contributed by atoms with van der Waals surface area (Å²) in [5, 5.41) is 8.04. The summed E-state index contributed by atoms with van der Waals surface area (Å²) in [6, 6.07) is 7.73. The van der Waals surface area contributed by atoms with E-state index in [2.05, 4.69) is 15.6 Å². The first kappa shape index (κ1) is 20.0. The van der Waals surface area contributed by atoms with Crippen LogP contribution in [0.1, 0.15) is 44.9 Å². The highest BCUT2D eigenvalue weighted by atomic mass is 32.1. The molecule has 0 aliphatic heterocycles. The van der Waals surface area contributed by atoms with Crippen molar-refractivity contribution in [3.63, 3.8) is 0 Å². The van der Waals surface area contributed by atoms with E-state index in [1.165, 1.54) is 19.3 Å². The second-order valence-electron chi connectivity index (χ2n) is 10.0. The fourth-order valence-corrected chi connectivity index (χ4v) is 7.38. The van der Waals surface area contributed by atoms with E-state index in [1.54, 1.807) is 11.3 Å². The summed E-state index contributed by atoms with van der Waals surface area (Å²) in [7, 11) is 0. The number of anilines is 1. The standard InChI is InChI=1S/C25H28N4O2S/c30-22(5-6-26-23(31)25-12-16-9-17(13-25)11-18(10-16)14-25)27-20-3-1-19(2-4-20)21-15-29-7-8-32-24(29)28-21/h1-4,7-8,15-18H,5-6,9-14H2,(H,26,31)(H,27,30). The molecule has 2 heterocycles. The largest absolute Gasteiger partial charge is 0.355 e. The topological polar surface area (TPSA) is 75.5 Å². The molecule has 4 bridgehead atoms. The van der Waals surface area contributed by atoms with Gasteiger partial charge >= 0.3 is 0 Å². The molecule has 7 rings (SSSR count). The maximum Gasteiger partial charge on any atom is 0.226 e. The third kappa shape index (κ3) is 3.62. The van der Waals surface area contributed by atoms with Crippen LogP contribution in [0.4, 0.5) is 5.69 Å². The molecular formula is C25H28N4O2S. The van der Waals surface area contributed by atoms with Crippen molar-refractivity contribution in [3.05, 3.63) is 42.0 Å². The monoisotopic (exact) mass is 448 g/mol. The summed E-state index contributed by atoms with van der Waals surface area (Å²) >= 11 is 1.60. The number of rotatable bonds is 6. The number of benzene rings is 1. The molecule has 2 aromatic heterocycles. The quantitative estimate of drug-likeness (QED) is 0.573. The number of aromatic nitrogens is 2. The number of nitrogens with one attached hydrogen (secondary N) is 2. The van der Waals surface area contributed by atoms with E-state index in [0.29, 0.717) is 6.54 Å². The smallest absolute Gasteiger partial charge is 0.226 e. The number of thiazole rings is 1. The van der Waals surface area contributed by atoms with Gasteiger partial charge in [-0.2, -0.15) is 0 Å². The summed E-state index contributed by atoms with van der Waals surface area (Å²) in [4.78, 5) is 31.0. The van der Waals surface area contributed by atoms with Crippen LogP contribution in [-0.4, -0.2) is 27.7 Å². The van der Waals surface area contributed by atoms with E-state index in [1.807, 2.05) is 46.4 Å². The number of carbonyl (C=O) groups excluding carboxylic acids is 2. The lowest BCUT2D eigenvalue weighted by Crippen LogP contribution is -2.53. The van der Waals surface area contributed by atoms with Crippen LogP contribution in [0.15, 0.2) is 42.0 Å². The Bertz CT molecular complexity index is 1100. The molecule has 0 spiro atoms. The fourth-order valence-electron chi connectivity index (χ4n) is 6.68. The number of amides is 2. The predicted octanol–water partition coefficient (Wildman–Crippen LogP) is 4.72. The van der Waals surface area contributed by atoms with Crippen LogP contribution in [0.5, 0.6) is 0 Å². The van der Waals surface area contributed by atoms with Crippen molar-refractivity contribution < 1.29 is 9.59 Å². The molecule has 0 radical (unpaired) electrons. The first-order valence-corrected chi connectivity index (χ1v) is 12.6. The van der Waals surface area contributed by atoms with Crippen molar-refractivity contribution in [1.82, 2.24) is 14.7 Å². The van der Waals surface area contributed by atoms with Crippen LogP contribution in [0.3, 0.4) is 0 Å². The molecule has 6 nitrogen and oxygen atoms in total. The first-order valence-electron chi connectivity index (χ1n) is 11.7. The highest BCUT2D eigenvalue weighted by molar-refractivity contribution is 7.15. The van der Waals surface area contributed by atoms with Gasteiger partial charge in [0.2, 0.25) is 11.8 Å². The highest BCUT2D eigenvalue weighted by Crippen LogP contribution is 2.60. The molecule has 1 aromatic carbocycles. The summed E-state index contributed by atoms with van der Waals surface area (Å²) < 4.78 is 2.01. The van der Waals surface area contributed by atoms with Gasteiger partial charge in [0, 0.05) is 47.4 Å². The molecule has 4 aliphatic rings. The molecular weight excluding hydrogens is 420 g/mol. The minimum Gasteiger partial charge on any atom is -0.355 e.